The average Bonchev–Trinajstić information content (AvgIpc) is 2.74. The van der Waals surface area contributed by atoms with Crippen molar-refractivity contribution in [3.8, 4) is 0 Å². The van der Waals surface area contributed by atoms with Gasteiger partial charge >= 0.3 is 0 Å². The molecule has 0 aliphatic rings. The minimum absolute atomic E-state index is 0.190. The van der Waals surface area contributed by atoms with E-state index in [1.54, 1.807) is 54.9 Å². The second kappa shape index (κ2) is 9.32. The maximum Gasteiger partial charge on any atom is 0.255 e. The van der Waals surface area contributed by atoms with Gasteiger partial charge in [0, 0.05) is 35.8 Å². The van der Waals surface area contributed by atoms with Crippen LogP contribution in [0.1, 0.15) is 22.3 Å². The number of carbonyl (C=O) groups excluding carboxylic acids is 2. The van der Waals surface area contributed by atoms with E-state index >= 15 is 0 Å². The molecule has 0 aliphatic carbocycles. The first-order valence-corrected chi connectivity index (χ1v) is 10.9. The Hall–Kier alpha value is -3.52. The lowest BCUT2D eigenvalue weighted by molar-refractivity contribution is -0.115. The third-order valence-electron chi connectivity index (χ3n) is 4.32. The third kappa shape index (κ3) is 5.74. The van der Waals surface area contributed by atoms with E-state index in [0.717, 1.165) is 5.56 Å². The van der Waals surface area contributed by atoms with Crippen LogP contribution in [-0.4, -0.2) is 31.0 Å². The lowest BCUT2D eigenvalue weighted by Gasteiger charge is -2.09. The van der Waals surface area contributed by atoms with Crippen LogP contribution in [0.3, 0.4) is 0 Å². The van der Waals surface area contributed by atoms with Gasteiger partial charge < -0.3 is 10.6 Å². The fourth-order valence-corrected chi connectivity index (χ4v) is 3.93. The normalized spacial score (nSPS) is 11.0. The first-order valence-electron chi connectivity index (χ1n) is 9.24. The molecule has 2 aromatic carbocycles. The Morgan fingerprint density at radius 3 is 2.30 bits per heavy atom. The Morgan fingerprint density at radius 1 is 0.900 bits per heavy atom. The Balaban J connectivity index is 1.59. The van der Waals surface area contributed by atoms with Crippen molar-refractivity contribution in [2.45, 2.75) is 18.2 Å². The first kappa shape index (κ1) is 21.2. The Morgan fingerprint density at radius 2 is 1.60 bits per heavy atom. The van der Waals surface area contributed by atoms with Crippen molar-refractivity contribution < 1.29 is 18.0 Å². The van der Waals surface area contributed by atoms with E-state index in [0.29, 0.717) is 16.9 Å². The molecule has 0 aliphatic heterocycles. The number of amides is 2. The molecule has 154 valence electrons. The lowest BCUT2D eigenvalue weighted by atomic mass is 10.2. The fourth-order valence-electron chi connectivity index (χ4n) is 2.69. The summed E-state index contributed by atoms with van der Waals surface area (Å²) < 4.78 is 24.8. The molecule has 8 heteroatoms. The van der Waals surface area contributed by atoms with E-state index in [1.165, 1.54) is 18.2 Å². The van der Waals surface area contributed by atoms with Crippen LogP contribution in [-0.2, 0) is 14.6 Å². The zero-order valence-electron chi connectivity index (χ0n) is 16.3. The highest BCUT2D eigenvalue weighted by atomic mass is 32.2. The fraction of sp³-hybridized carbons (Fsp3) is 0.136. The molecule has 0 radical (unpaired) electrons. The number of anilines is 2. The van der Waals surface area contributed by atoms with Crippen molar-refractivity contribution in [1.82, 2.24) is 4.98 Å². The van der Waals surface area contributed by atoms with Crippen molar-refractivity contribution in [1.29, 1.82) is 0 Å². The number of hydrogen-bond donors (Lipinski definition) is 2. The number of carbonyl (C=O) groups is 2. The zero-order valence-corrected chi connectivity index (χ0v) is 17.1. The van der Waals surface area contributed by atoms with Crippen LogP contribution in [0.4, 0.5) is 11.4 Å². The predicted octanol–water partition coefficient (Wildman–Crippen LogP) is 3.44. The summed E-state index contributed by atoms with van der Waals surface area (Å²) in [6.45, 7) is 1.87. The van der Waals surface area contributed by atoms with Crippen molar-refractivity contribution in [2.75, 3.05) is 16.4 Å². The molecular formula is C22H21N3O4S. The predicted molar refractivity (Wildman–Crippen MR) is 115 cm³/mol. The molecule has 3 rings (SSSR count). The van der Waals surface area contributed by atoms with E-state index in [2.05, 4.69) is 15.6 Å². The van der Waals surface area contributed by atoms with E-state index in [-0.39, 0.29) is 23.0 Å². The summed E-state index contributed by atoms with van der Waals surface area (Å²) in [6.07, 6.45) is 2.94. The summed E-state index contributed by atoms with van der Waals surface area (Å²) in [5.74, 6) is -1.08. The van der Waals surface area contributed by atoms with Gasteiger partial charge in [-0.05, 0) is 49.4 Å². The minimum atomic E-state index is -3.55. The number of nitrogens with one attached hydrogen (secondary N) is 2. The molecule has 0 saturated heterocycles. The molecule has 0 saturated carbocycles. The third-order valence-corrected chi connectivity index (χ3v) is 6.06. The highest BCUT2D eigenvalue weighted by Crippen LogP contribution is 2.16. The molecular weight excluding hydrogens is 402 g/mol. The summed E-state index contributed by atoms with van der Waals surface area (Å²) in [5, 5.41) is 5.38. The standard InChI is InChI=1S/C22H21N3O4S/c1-16-5-7-20(8-6-16)30(28,29)14-11-21(26)24-19-4-2-3-17(15-19)22(27)25-18-9-12-23-13-10-18/h2-10,12-13,15H,11,14H2,1H3,(H,24,26)(H,23,25,27). The minimum Gasteiger partial charge on any atom is -0.326 e. The number of hydrogen-bond acceptors (Lipinski definition) is 5. The smallest absolute Gasteiger partial charge is 0.255 e. The van der Waals surface area contributed by atoms with Gasteiger partial charge in [0.15, 0.2) is 9.84 Å². The Kier molecular flexibility index (Phi) is 6.58. The molecule has 0 atom stereocenters. The number of aromatic nitrogens is 1. The van der Waals surface area contributed by atoms with Crippen LogP contribution >= 0.6 is 0 Å². The summed E-state index contributed by atoms with van der Waals surface area (Å²) in [4.78, 5) is 28.7. The van der Waals surface area contributed by atoms with Crippen LogP contribution in [0, 0.1) is 6.92 Å². The summed E-state index contributed by atoms with van der Waals surface area (Å²) in [5.41, 5.74) is 2.33. The number of rotatable bonds is 7. The Labute approximate surface area is 175 Å². The summed E-state index contributed by atoms with van der Waals surface area (Å²) >= 11 is 0. The van der Waals surface area contributed by atoms with Gasteiger partial charge in [0.25, 0.3) is 5.91 Å². The van der Waals surface area contributed by atoms with Gasteiger partial charge in [-0.2, -0.15) is 0 Å². The van der Waals surface area contributed by atoms with E-state index < -0.39 is 15.7 Å². The van der Waals surface area contributed by atoms with Crippen molar-refractivity contribution in [2.24, 2.45) is 0 Å². The number of benzene rings is 2. The molecule has 1 heterocycles. The zero-order chi connectivity index (χ0) is 21.6. The van der Waals surface area contributed by atoms with E-state index in [4.69, 9.17) is 0 Å². The highest BCUT2D eigenvalue weighted by molar-refractivity contribution is 7.91. The Bertz CT molecular complexity index is 1140. The van der Waals surface area contributed by atoms with Crippen molar-refractivity contribution in [3.05, 3.63) is 84.2 Å². The number of nitrogens with zero attached hydrogens (tertiary/aromatic N) is 1. The molecule has 2 N–H and O–H groups in total. The van der Waals surface area contributed by atoms with Crippen LogP contribution in [0.2, 0.25) is 0 Å². The van der Waals surface area contributed by atoms with Gasteiger partial charge in [0.1, 0.15) is 0 Å². The SMILES string of the molecule is Cc1ccc(S(=O)(=O)CCC(=O)Nc2cccc(C(=O)Nc3ccncc3)c2)cc1. The van der Waals surface area contributed by atoms with Gasteiger partial charge in [-0.3, -0.25) is 14.6 Å². The van der Waals surface area contributed by atoms with Gasteiger partial charge in [-0.15, -0.1) is 0 Å². The maximum atomic E-state index is 12.4. The molecule has 0 bridgehead atoms. The number of sulfone groups is 1. The largest absolute Gasteiger partial charge is 0.326 e. The van der Waals surface area contributed by atoms with Crippen molar-refractivity contribution >= 4 is 33.0 Å². The van der Waals surface area contributed by atoms with Gasteiger partial charge in [-0.25, -0.2) is 8.42 Å². The van der Waals surface area contributed by atoms with Crippen LogP contribution in [0.5, 0.6) is 0 Å². The summed E-state index contributed by atoms with van der Waals surface area (Å²) in [7, 11) is -3.55. The lowest BCUT2D eigenvalue weighted by Crippen LogP contribution is -2.18. The number of pyridine rings is 1. The molecule has 2 amide bonds. The molecule has 0 unspecified atom stereocenters. The quantitative estimate of drug-likeness (QED) is 0.606. The van der Waals surface area contributed by atoms with E-state index in [1.807, 2.05) is 6.92 Å². The van der Waals surface area contributed by atoms with Crippen LogP contribution in [0.25, 0.3) is 0 Å². The molecule has 30 heavy (non-hydrogen) atoms. The first-order chi connectivity index (χ1) is 14.3. The highest BCUT2D eigenvalue weighted by Gasteiger charge is 2.17. The van der Waals surface area contributed by atoms with Crippen molar-refractivity contribution in [3.63, 3.8) is 0 Å². The monoisotopic (exact) mass is 423 g/mol. The molecule has 7 nitrogen and oxygen atoms in total. The second-order valence-corrected chi connectivity index (χ2v) is 8.81. The van der Waals surface area contributed by atoms with Gasteiger partial charge in [0.05, 0.1) is 10.6 Å². The van der Waals surface area contributed by atoms with Gasteiger partial charge in [-0.1, -0.05) is 23.8 Å². The molecule has 1 aromatic heterocycles. The summed E-state index contributed by atoms with van der Waals surface area (Å²) in [6, 6.07) is 16.3. The average molecular weight is 423 g/mol. The topological polar surface area (TPSA) is 105 Å². The molecule has 3 aromatic rings. The van der Waals surface area contributed by atoms with Crippen LogP contribution < -0.4 is 10.6 Å². The van der Waals surface area contributed by atoms with Crippen LogP contribution in [0.15, 0.2) is 78.0 Å². The molecule has 0 spiro atoms. The number of aryl methyl sites for hydroxylation is 1. The second-order valence-electron chi connectivity index (χ2n) is 6.70. The van der Waals surface area contributed by atoms with E-state index in [9.17, 15) is 18.0 Å². The molecule has 0 fully saturated rings. The maximum absolute atomic E-state index is 12.4. The van der Waals surface area contributed by atoms with Gasteiger partial charge in [0.2, 0.25) is 5.91 Å².